The highest BCUT2D eigenvalue weighted by Gasteiger charge is 2.69. The fourth-order valence-electron chi connectivity index (χ4n) is 10.1. The predicted molar refractivity (Wildman–Crippen MR) is 128 cm³/mol. The van der Waals surface area contributed by atoms with E-state index < -0.39 is 5.60 Å². The average molecular weight is 443 g/mol. The fourth-order valence-corrected chi connectivity index (χ4v) is 10.1. The van der Waals surface area contributed by atoms with E-state index in [1.807, 2.05) is 0 Å². The molecule has 5 rings (SSSR count). The third-order valence-corrected chi connectivity index (χ3v) is 12.4. The van der Waals surface area contributed by atoms with Crippen LogP contribution in [0.2, 0.25) is 0 Å². The molecule has 180 valence electrons. The van der Waals surface area contributed by atoms with Gasteiger partial charge in [0.1, 0.15) is 5.60 Å². The van der Waals surface area contributed by atoms with Gasteiger partial charge in [0.05, 0.1) is 6.10 Å². The van der Waals surface area contributed by atoms with Crippen LogP contribution in [0.15, 0.2) is 11.6 Å². The molecule has 0 heterocycles. The van der Waals surface area contributed by atoms with E-state index >= 15 is 0 Å². The number of Topliss-reactive ketones (excluding diaryl/α,β-unsaturated/α-hetero) is 1. The van der Waals surface area contributed by atoms with Gasteiger partial charge >= 0.3 is 0 Å². The maximum Gasteiger partial charge on any atom is 0.165 e. The molecular weight excluding hydrogens is 396 g/mol. The minimum Gasteiger partial charge on any atom is -0.393 e. The summed E-state index contributed by atoms with van der Waals surface area (Å²) >= 11 is 0. The molecule has 0 aliphatic heterocycles. The number of fused-ring (bicyclic) bond motifs is 7. The van der Waals surface area contributed by atoms with Gasteiger partial charge in [-0.3, -0.25) is 4.79 Å². The standard InChI is InChI=1S/C29H46O3/c1-24(2)14-15-29(32)19(16-24)18-8-9-21-26(5)12-11-22(30)25(3,4)20(26)10-13-27(21,6)28(18,7)17-23(29)31/h8,19-22,30,32H,9-17H2,1-7H3. The van der Waals surface area contributed by atoms with Crippen LogP contribution in [0.25, 0.3) is 0 Å². The van der Waals surface area contributed by atoms with Crippen molar-refractivity contribution in [1.29, 1.82) is 0 Å². The first-order valence-electron chi connectivity index (χ1n) is 13.3. The molecule has 32 heavy (non-hydrogen) atoms. The van der Waals surface area contributed by atoms with Crippen LogP contribution < -0.4 is 0 Å². The van der Waals surface area contributed by atoms with E-state index in [9.17, 15) is 15.0 Å². The second-order valence-corrected chi connectivity index (χ2v) is 14.6. The van der Waals surface area contributed by atoms with E-state index in [2.05, 4.69) is 54.5 Å². The third kappa shape index (κ3) is 2.65. The van der Waals surface area contributed by atoms with E-state index in [-0.39, 0.29) is 44.9 Å². The Hall–Kier alpha value is -0.670. The minimum atomic E-state index is -1.15. The molecule has 0 aromatic rings. The molecule has 8 atom stereocenters. The SMILES string of the molecule is CC1(C)CCC2(O)C(=O)CC3(C)C(=CCC4C5(C)CCC(O)C(C)(C)C5CCC43C)C2C1. The monoisotopic (exact) mass is 442 g/mol. The molecular formula is C29H46O3. The molecule has 8 unspecified atom stereocenters. The summed E-state index contributed by atoms with van der Waals surface area (Å²) in [6.07, 6.45) is 10.5. The molecule has 0 aromatic heterocycles. The van der Waals surface area contributed by atoms with Gasteiger partial charge in [-0.25, -0.2) is 0 Å². The van der Waals surface area contributed by atoms with Crippen molar-refractivity contribution in [2.75, 3.05) is 0 Å². The Morgan fingerprint density at radius 3 is 2.28 bits per heavy atom. The van der Waals surface area contributed by atoms with Gasteiger partial charge < -0.3 is 10.2 Å². The molecule has 5 aliphatic carbocycles. The largest absolute Gasteiger partial charge is 0.393 e. The van der Waals surface area contributed by atoms with E-state index in [4.69, 9.17) is 0 Å². The quantitative estimate of drug-likeness (QED) is 0.447. The van der Waals surface area contributed by atoms with Crippen LogP contribution in [0.3, 0.4) is 0 Å². The lowest BCUT2D eigenvalue weighted by atomic mass is 9.34. The molecule has 4 saturated carbocycles. The first-order valence-corrected chi connectivity index (χ1v) is 13.3. The number of hydrogen-bond donors (Lipinski definition) is 2. The zero-order valence-corrected chi connectivity index (χ0v) is 21.6. The minimum absolute atomic E-state index is 0.0228. The van der Waals surface area contributed by atoms with Gasteiger partial charge in [0, 0.05) is 17.8 Å². The van der Waals surface area contributed by atoms with Crippen LogP contribution in [-0.2, 0) is 4.79 Å². The van der Waals surface area contributed by atoms with Crippen molar-refractivity contribution in [3.8, 4) is 0 Å². The van der Waals surface area contributed by atoms with Crippen molar-refractivity contribution < 1.29 is 15.0 Å². The zero-order valence-electron chi connectivity index (χ0n) is 21.6. The Kier molecular flexibility index (Phi) is 4.69. The van der Waals surface area contributed by atoms with Gasteiger partial charge in [-0.15, -0.1) is 0 Å². The first kappa shape index (κ1) is 23.1. The maximum absolute atomic E-state index is 13.6. The van der Waals surface area contributed by atoms with Gasteiger partial charge in [0.25, 0.3) is 0 Å². The summed E-state index contributed by atoms with van der Waals surface area (Å²) in [7, 11) is 0. The fraction of sp³-hybridized carbons (Fsp3) is 0.897. The molecule has 0 amide bonds. The summed E-state index contributed by atoms with van der Waals surface area (Å²) < 4.78 is 0. The van der Waals surface area contributed by atoms with Crippen molar-refractivity contribution in [2.45, 2.75) is 118 Å². The van der Waals surface area contributed by atoms with Gasteiger partial charge in [-0.2, -0.15) is 0 Å². The number of aliphatic hydroxyl groups is 2. The third-order valence-electron chi connectivity index (χ3n) is 12.4. The Bertz CT molecular complexity index is 870. The number of rotatable bonds is 0. The molecule has 0 bridgehead atoms. The van der Waals surface area contributed by atoms with Crippen LogP contribution in [0, 0.1) is 44.8 Å². The Morgan fingerprint density at radius 2 is 1.59 bits per heavy atom. The lowest BCUT2D eigenvalue weighted by molar-refractivity contribution is -0.207. The zero-order chi connectivity index (χ0) is 23.5. The summed E-state index contributed by atoms with van der Waals surface area (Å²) in [6.45, 7) is 16.5. The molecule has 4 fully saturated rings. The number of allylic oxidation sites excluding steroid dienone is 1. The highest BCUT2D eigenvalue weighted by atomic mass is 16.3. The molecule has 5 aliphatic rings. The van der Waals surface area contributed by atoms with E-state index in [1.54, 1.807) is 0 Å². The van der Waals surface area contributed by atoms with Gasteiger partial charge in [0.15, 0.2) is 5.78 Å². The number of hydrogen-bond acceptors (Lipinski definition) is 3. The molecule has 0 saturated heterocycles. The summed E-state index contributed by atoms with van der Waals surface area (Å²) in [4.78, 5) is 13.6. The van der Waals surface area contributed by atoms with Crippen LogP contribution in [0.4, 0.5) is 0 Å². The normalized spacial score (nSPS) is 53.9. The maximum atomic E-state index is 13.6. The number of carbonyl (C=O) groups is 1. The van der Waals surface area contributed by atoms with Crippen LogP contribution in [-0.4, -0.2) is 27.7 Å². The second kappa shape index (κ2) is 6.51. The van der Waals surface area contributed by atoms with Crippen molar-refractivity contribution in [3.05, 3.63) is 11.6 Å². The van der Waals surface area contributed by atoms with Crippen molar-refractivity contribution in [2.24, 2.45) is 44.8 Å². The smallest absolute Gasteiger partial charge is 0.165 e. The van der Waals surface area contributed by atoms with Crippen LogP contribution in [0.5, 0.6) is 0 Å². The van der Waals surface area contributed by atoms with E-state index in [1.165, 1.54) is 5.57 Å². The van der Waals surface area contributed by atoms with E-state index in [0.717, 1.165) is 44.9 Å². The molecule has 2 N–H and O–H groups in total. The summed E-state index contributed by atoms with van der Waals surface area (Å²) in [5.74, 6) is 1.11. The molecule has 3 heteroatoms. The van der Waals surface area contributed by atoms with Crippen LogP contribution >= 0.6 is 0 Å². The first-order chi connectivity index (χ1) is 14.6. The Morgan fingerprint density at radius 1 is 0.906 bits per heavy atom. The number of aliphatic hydroxyl groups excluding tert-OH is 1. The van der Waals surface area contributed by atoms with Crippen molar-refractivity contribution in [3.63, 3.8) is 0 Å². The van der Waals surface area contributed by atoms with E-state index in [0.29, 0.717) is 24.7 Å². The van der Waals surface area contributed by atoms with Gasteiger partial charge in [-0.05, 0) is 84.9 Å². The van der Waals surface area contributed by atoms with Crippen molar-refractivity contribution >= 4 is 5.78 Å². The molecule has 3 nitrogen and oxygen atoms in total. The second-order valence-electron chi connectivity index (χ2n) is 14.6. The highest BCUT2D eigenvalue weighted by molar-refractivity contribution is 5.91. The van der Waals surface area contributed by atoms with Crippen LogP contribution in [0.1, 0.15) is 106 Å². The number of ketones is 1. The highest BCUT2D eigenvalue weighted by Crippen LogP contribution is 2.74. The summed E-state index contributed by atoms with van der Waals surface area (Å²) in [5, 5.41) is 22.5. The summed E-state index contributed by atoms with van der Waals surface area (Å²) in [5.41, 5.74) is 0.426. The Labute approximate surface area is 195 Å². The van der Waals surface area contributed by atoms with Gasteiger partial charge in [-0.1, -0.05) is 60.1 Å². The predicted octanol–water partition coefficient (Wildman–Crippen LogP) is 6.07. The topological polar surface area (TPSA) is 57.5 Å². The lowest BCUT2D eigenvalue weighted by Gasteiger charge is -2.70. The van der Waals surface area contributed by atoms with Crippen molar-refractivity contribution in [1.82, 2.24) is 0 Å². The lowest BCUT2D eigenvalue weighted by Crippen LogP contribution is -2.67. The number of carbonyl (C=O) groups excluding carboxylic acids is 1. The summed E-state index contributed by atoms with van der Waals surface area (Å²) in [6, 6.07) is 0. The average Bonchev–Trinajstić information content (AvgIpc) is 2.68. The van der Waals surface area contributed by atoms with Gasteiger partial charge in [0.2, 0.25) is 0 Å². The molecule has 0 radical (unpaired) electrons. The Balaban J connectivity index is 1.61. The molecule has 0 aromatic carbocycles. The molecule has 0 spiro atoms.